The van der Waals surface area contributed by atoms with Gasteiger partial charge < -0.3 is 9.47 Å². The molecule has 0 N–H and O–H groups in total. The van der Waals surface area contributed by atoms with Crippen LogP contribution in [0.15, 0.2) is 22.0 Å². The van der Waals surface area contributed by atoms with E-state index in [0.29, 0.717) is 13.2 Å². The van der Waals surface area contributed by atoms with Gasteiger partial charge >= 0.3 is 0 Å². The van der Waals surface area contributed by atoms with Crippen LogP contribution in [0.1, 0.15) is 18.9 Å². The summed E-state index contributed by atoms with van der Waals surface area (Å²) in [5.41, 5.74) is 1.83. The van der Waals surface area contributed by atoms with Crippen molar-refractivity contribution in [2.75, 3.05) is 13.2 Å². The molecule has 0 unspecified atom stereocenters. The fraction of sp³-hybridized carbons (Fsp3) is 0.357. The molecule has 1 heterocycles. The summed E-state index contributed by atoms with van der Waals surface area (Å²) in [7, 11) is 0. The van der Waals surface area contributed by atoms with E-state index in [1.165, 1.54) is 0 Å². The summed E-state index contributed by atoms with van der Waals surface area (Å²) in [4.78, 5) is 4.54. The van der Waals surface area contributed by atoms with Gasteiger partial charge in [0, 0.05) is 9.85 Å². The van der Waals surface area contributed by atoms with Crippen LogP contribution in [0.3, 0.4) is 0 Å². The molecule has 0 aliphatic carbocycles. The number of hydrogen-bond donors (Lipinski definition) is 0. The van der Waals surface area contributed by atoms with Gasteiger partial charge in [0.05, 0.1) is 29.5 Å². The number of aromatic nitrogens is 1. The van der Waals surface area contributed by atoms with Crippen molar-refractivity contribution < 1.29 is 9.47 Å². The van der Waals surface area contributed by atoms with E-state index in [2.05, 4.69) is 20.9 Å². The van der Waals surface area contributed by atoms with Crippen molar-refractivity contribution in [1.82, 2.24) is 4.98 Å². The summed E-state index contributed by atoms with van der Waals surface area (Å²) in [6.45, 7) is 7.15. The third-order valence-corrected chi connectivity index (χ3v) is 3.74. The molecule has 0 radical (unpaired) electrons. The Morgan fingerprint density at radius 3 is 2.16 bits per heavy atom. The Kier molecular flexibility index (Phi) is 4.82. The van der Waals surface area contributed by atoms with Crippen molar-refractivity contribution in [2.24, 2.45) is 0 Å². The minimum absolute atomic E-state index is 0.609. The Labute approximate surface area is 125 Å². The van der Waals surface area contributed by atoms with E-state index < -0.39 is 0 Å². The fourth-order valence-electron chi connectivity index (χ4n) is 1.83. The number of halogens is 1. The molecular weight excluding hydrogens is 326 g/mol. The zero-order valence-electron chi connectivity index (χ0n) is 11.2. The van der Waals surface area contributed by atoms with Gasteiger partial charge in [-0.2, -0.15) is 0 Å². The largest absolute Gasteiger partial charge is 0.493 e. The van der Waals surface area contributed by atoms with Crippen LogP contribution < -0.4 is 9.47 Å². The van der Waals surface area contributed by atoms with Crippen molar-refractivity contribution >= 4 is 27.3 Å². The first-order valence-corrected chi connectivity index (χ1v) is 7.84. The minimum atomic E-state index is 0.609. The molecule has 1 aromatic carbocycles. The summed E-state index contributed by atoms with van der Waals surface area (Å²) in [6.07, 6.45) is 0. The van der Waals surface area contributed by atoms with Gasteiger partial charge in [0.15, 0.2) is 0 Å². The van der Waals surface area contributed by atoms with Gasteiger partial charge in [0.1, 0.15) is 11.5 Å². The first-order chi connectivity index (χ1) is 9.15. The number of nitrogens with zero attached hydrogens (tertiary/aromatic N) is 1. The highest BCUT2D eigenvalue weighted by molar-refractivity contribution is 9.10. The molecule has 1 aromatic heterocycles. The van der Waals surface area contributed by atoms with Gasteiger partial charge in [0.2, 0.25) is 0 Å². The molecule has 2 aromatic rings. The van der Waals surface area contributed by atoms with Gasteiger partial charge in [-0.25, -0.2) is 4.98 Å². The molecule has 0 amide bonds. The predicted octanol–water partition coefficient (Wildman–Crippen LogP) is 4.68. The Morgan fingerprint density at radius 1 is 1.16 bits per heavy atom. The van der Waals surface area contributed by atoms with E-state index in [-0.39, 0.29) is 0 Å². The maximum absolute atomic E-state index is 5.72. The highest BCUT2D eigenvalue weighted by atomic mass is 79.9. The summed E-state index contributed by atoms with van der Waals surface area (Å²) in [6, 6.07) is 3.91. The van der Waals surface area contributed by atoms with E-state index in [1.807, 2.05) is 38.3 Å². The lowest BCUT2D eigenvalue weighted by Gasteiger charge is -2.14. The van der Waals surface area contributed by atoms with Crippen molar-refractivity contribution in [3.05, 3.63) is 27.0 Å². The highest BCUT2D eigenvalue weighted by Crippen LogP contribution is 2.41. The van der Waals surface area contributed by atoms with Gasteiger partial charge in [-0.1, -0.05) is 15.9 Å². The van der Waals surface area contributed by atoms with E-state index in [9.17, 15) is 0 Å². The summed E-state index contributed by atoms with van der Waals surface area (Å²) in [5.74, 6) is 1.59. The van der Waals surface area contributed by atoms with Crippen molar-refractivity contribution in [1.29, 1.82) is 0 Å². The second-order valence-corrected chi connectivity index (χ2v) is 5.87. The maximum atomic E-state index is 5.72. The Morgan fingerprint density at radius 2 is 1.74 bits per heavy atom. The number of thiazole rings is 1. The van der Waals surface area contributed by atoms with Crippen LogP contribution in [0.4, 0.5) is 0 Å². The molecule has 0 aliphatic rings. The molecule has 0 saturated carbocycles. The van der Waals surface area contributed by atoms with Crippen molar-refractivity contribution in [2.45, 2.75) is 20.8 Å². The smallest absolute Gasteiger partial charge is 0.133 e. The predicted molar refractivity (Wildman–Crippen MR) is 82.3 cm³/mol. The molecule has 5 heteroatoms. The van der Waals surface area contributed by atoms with Crippen LogP contribution in [0.2, 0.25) is 0 Å². The van der Waals surface area contributed by atoms with Crippen molar-refractivity contribution in [3.8, 4) is 22.8 Å². The van der Waals surface area contributed by atoms with Crippen LogP contribution in [-0.4, -0.2) is 18.2 Å². The summed E-state index contributed by atoms with van der Waals surface area (Å²) in [5, 5.41) is 3.06. The third kappa shape index (κ3) is 3.28. The standard InChI is InChI=1S/C14H16BrNO2S/c1-4-17-12-6-10(15)7-13(18-5-2)14(12)11-8-19-9(3)16-11/h6-8H,4-5H2,1-3H3. The average molecular weight is 342 g/mol. The number of aryl methyl sites for hydroxylation is 1. The number of benzene rings is 1. The monoisotopic (exact) mass is 341 g/mol. The first kappa shape index (κ1) is 14.3. The van der Waals surface area contributed by atoms with Crippen LogP contribution in [0, 0.1) is 6.92 Å². The third-order valence-electron chi connectivity index (χ3n) is 2.51. The fourth-order valence-corrected chi connectivity index (χ4v) is 2.85. The SMILES string of the molecule is CCOc1cc(Br)cc(OCC)c1-c1csc(C)n1. The van der Waals surface area contributed by atoms with E-state index in [1.54, 1.807) is 11.3 Å². The lowest BCUT2D eigenvalue weighted by molar-refractivity contribution is 0.325. The van der Waals surface area contributed by atoms with Crippen LogP contribution in [-0.2, 0) is 0 Å². The number of ether oxygens (including phenoxy) is 2. The molecule has 2 rings (SSSR count). The number of hydrogen-bond acceptors (Lipinski definition) is 4. The highest BCUT2D eigenvalue weighted by Gasteiger charge is 2.17. The first-order valence-electron chi connectivity index (χ1n) is 6.17. The zero-order chi connectivity index (χ0) is 13.8. The van der Waals surface area contributed by atoms with E-state index in [4.69, 9.17) is 9.47 Å². The Balaban J connectivity index is 2.59. The van der Waals surface area contributed by atoms with Gasteiger partial charge in [-0.05, 0) is 32.9 Å². The molecule has 0 atom stereocenters. The van der Waals surface area contributed by atoms with Crippen LogP contribution >= 0.6 is 27.3 Å². The topological polar surface area (TPSA) is 31.4 Å². The summed E-state index contributed by atoms with van der Waals surface area (Å²) >= 11 is 5.11. The van der Waals surface area contributed by atoms with Crippen LogP contribution in [0.5, 0.6) is 11.5 Å². The Bertz CT molecular complexity index is 541. The van der Waals surface area contributed by atoms with Crippen LogP contribution in [0.25, 0.3) is 11.3 Å². The number of rotatable bonds is 5. The molecule has 0 bridgehead atoms. The van der Waals surface area contributed by atoms with E-state index >= 15 is 0 Å². The second kappa shape index (κ2) is 6.39. The zero-order valence-corrected chi connectivity index (χ0v) is 13.6. The lowest BCUT2D eigenvalue weighted by atomic mass is 10.1. The second-order valence-electron chi connectivity index (χ2n) is 3.89. The Hall–Kier alpha value is -1.07. The molecule has 102 valence electrons. The van der Waals surface area contributed by atoms with Gasteiger partial charge in [-0.3, -0.25) is 0 Å². The average Bonchev–Trinajstić information content (AvgIpc) is 2.76. The molecule has 3 nitrogen and oxygen atoms in total. The molecule has 0 spiro atoms. The van der Waals surface area contributed by atoms with Crippen molar-refractivity contribution in [3.63, 3.8) is 0 Å². The molecule has 0 saturated heterocycles. The lowest BCUT2D eigenvalue weighted by Crippen LogP contribution is -1.99. The molecule has 0 fully saturated rings. The van der Waals surface area contributed by atoms with Gasteiger partial charge in [-0.15, -0.1) is 11.3 Å². The molecule has 0 aliphatic heterocycles. The quantitative estimate of drug-likeness (QED) is 0.791. The van der Waals surface area contributed by atoms with E-state index in [0.717, 1.165) is 32.2 Å². The molecular formula is C14H16BrNO2S. The minimum Gasteiger partial charge on any atom is -0.493 e. The normalized spacial score (nSPS) is 10.5. The maximum Gasteiger partial charge on any atom is 0.133 e. The summed E-state index contributed by atoms with van der Waals surface area (Å²) < 4.78 is 12.4. The van der Waals surface area contributed by atoms with Gasteiger partial charge in [0.25, 0.3) is 0 Å². The molecule has 19 heavy (non-hydrogen) atoms.